The number of allylic oxidation sites excluding steroid dienone is 1. The molecular formula is C23H24N2O5. The van der Waals surface area contributed by atoms with E-state index in [0.717, 1.165) is 23.3 Å². The topological polar surface area (TPSA) is 86.2 Å². The summed E-state index contributed by atoms with van der Waals surface area (Å²) in [5.41, 5.74) is 4.04. The Hall–Kier alpha value is -3.61. The average Bonchev–Trinajstić information content (AvgIpc) is 3.18. The van der Waals surface area contributed by atoms with Gasteiger partial charge in [0.05, 0.1) is 27.0 Å². The average molecular weight is 408 g/mol. The molecule has 1 N–H and O–H groups in total. The summed E-state index contributed by atoms with van der Waals surface area (Å²) < 4.78 is 16.1. The third-order valence-corrected chi connectivity index (χ3v) is 4.76. The van der Waals surface area contributed by atoms with Crippen LogP contribution in [0.4, 0.5) is 5.69 Å². The summed E-state index contributed by atoms with van der Waals surface area (Å²) in [6.07, 6.45) is 2.52. The van der Waals surface area contributed by atoms with Gasteiger partial charge in [0.1, 0.15) is 0 Å². The van der Waals surface area contributed by atoms with Gasteiger partial charge in [-0.05, 0) is 42.3 Å². The van der Waals surface area contributed by atoms with Crippen molar-refractivity contribution in [2.45, 2.75) is 20.3 Å². The van der Waals surface area contributed by atoms with Gasteiger partial charge in [-0.15, -0.1) is 0 Å². The van der Waals surface area contributed by atoms with Crippen LogP contribution >= 0.6 is 0 Å². The van der Waals surface area contributed by atoms with Gasteiger partial charge in [-0.3, -0.25) is 14.6 Å². The number of hydrogen-bond donors (Lipinski definition) is 1. The maximum Gasteiger partial charge on any atom is 0.221 e. The van der Waals surface area contributed by atoms with Crippen LogP contribution in [0.3, 0.4) is 0 Å². The fraction of sp³-hybridized carbons (Fsp3) is 0.261. The van der Waals surface area contributed by atoms with Crippen LogP contribution < -0.4 is 19.5 Å². The molecule has 0 bridgehead atoms. The van der Waals surface area contributed by atoms with Crippen LogP contribution in [0.2, 0.25) is 0 Å². The number of methoxy groups -OCH3 is 3. The molecule has 7 heteroatoms. The Morgan fingerprint density at radius 1 is 1.00 bits per heavy atom. The fourth-order valence-electron chi connectivity index (χ4n) is 3.33. The first-order chi connectivity index (χ1) is 14.4. The zero-order valence-corrected chi connectivity index (χ0v) is 17.7. The van der Waals surface area contributed by atoms with Gasteiger partial charge in [0.25, 0.3) is 0 Å². The number of carbonyl (C=O) groups excluding carboxylic acids is 2. The number of anilines is 1. The minimum absolute atomic E-state index is 0.263. The van der Waals surface area contributed by atoms with E-state index < -0.39 is 0 Å². The molecule has 2 aromatic rings. The van der Waals surface area contributed by atoms with E-state index in [9.17, 15) is 9.59 Å². The molecule has 0 aromatic heterocycles. The van der Waals surface area contributed by atoms with Crippen molar-refractivity contribution >= 4 is 28.7 Å². The summed E-state index contributed by atoms with van der Waals surface area (Å²) >= 11 is 0. The van der Waals surface area contributed by atoms with E-state index in [2.05, 4.69) is 10.3 Å². The smallest absolute Gasteiger partial charge is 0.221 e. The summed E-state index contributed by atoms with van der Waals surface area (Å²) in [5, 5.41) is 2.74. The summed E-state index contributed by atoms with van der Waals surface area (Å²) in [6.45, 7) is 3.36. The molecule has 7 nitrogen and oxygen atoms in total. The minimum Gasteiger partial charge on any atom is -0.493 e. The normalized spacial score (nSPS) is 12.7. The van der Waals surface area contributed by atoms with Crippen molar-refractivity contribution in [1.82, 2.24) is 0 Å². The lowest BCUT2D eigenvalue weighted by atomic mass is 9.95. The van der Waals surface area contributed by atoms with Gasteiger partial charge in [0.15, 0.2) is 17.3 Å². The predicted octanol–water partition coefficient (Wildman–Crippen LogP) is 4.11. The number of carbonyl (C=O) groups is 2. The summed E-state index contributed by atoms with van der Waals surface area (Å²) in [7, 11) is 4.48. The molecule has 1 heterocycles. The van der Waals surface area contributed by atoms with Gasteiger partial charge in [-0.1, -0.05) is 6.07 Å². The lowest BCUT2D eigenvalue weighted by Gasteiger charge is -2.15. The summed E-state index contributed by atoms with van der Waals surface area (Å²) in [5.74, 6) is 0.605. The van der Waals surface area contributed by atoms with E-state index in [4.69, 9.17) is 14.2 Å². The number of nitrogens with one attached hydrogen (secondary N) is 1. The number of aliphatic imine (C=N–C) groups is 1. The van der Waals surface area contributed by atoms with E-state index in [-0.39, 0.29) is 11.7 Å². The van der Waals surface area contributed by atoms with Gasteiger partial charge in [-0.2, -0.15) is 0 Å². The summed E-state index contributed by atoms with van der Waals surface area (Å²) in [6, 6.07) is 8.57. The molecule has 0 unspecified atom stereocenters. The van der Waals surface area contributed by atoms with Crippen LogP contribution in [-0.4, -0.2) is 38.7 Å². The number of ketones is 1. The second-order valence-corrected chi connectivity index (χ2v) is 6.88. The number of nitrogens with zero attached hydrogens (tertiary/aromatic N) is 1. The largest absolute Gasteiger partial charge is 0.493 e. The molecule has 0 saturated carbocycles. The monoisotopic (exact) mass is 408 g/mol. The standard InChI is InChI=1S/C23H24N2O5/c1-13-8-17(12-24-13)15-6-7-19(25-14(2)26)18(9-15)22(27)16-10-20(28-3)23(30-5)21(11-16)29-4/h6-7,9-12H,8H2,1-5H3,(H,25,26). The number of benzene rings is 2. The molecule has 2 aromatic carbocycles. The highest BCUT2D eigenvalue weighted by Gasteiger charge is 2.22. The highest BCUT2D eigenvalue weighted by Crippen LogP contribution is 2.39. The first-order valence-corrected chi connectivity index (χ1v) is 9.37. The second-order valence-electron chi connectivity index (χ2n) is 6.88. The Kier molecular flexibility index (Phi) is 6.20. The van der Waals surface area contributed by atoms with Crippen molar-refractivity contribution in [2.24, 2.45) is 4.99 Å². The highest BCUT2D eigenvalue weighted by atomic mass is 16.5. The van der Waals surface area contributed by atoms with Crippen LogP contribution in [0.1, 0.15) is 41.8 Å². The number of rotatable bonds is 7. The van der Waals surface area contributed by atoms with E-state index in [0.29, 0.717) is 34.1 Å². The second kappa shape index (κ2) is 8.82. The van der Waals surface area contributed by atoms with Gasteiger partial charge >= 0.3 is 0 Å². The lowest BCUT2D eigenvalue weighted by molar-refractivity contribution is -0.114. The molecule has 3 rings (SSSR count). The fourth-order valence-corrected chi connectivity index (χ4v) is 3.33. The minimum atomic E-state index is -0.281. The molecule has 0 aliphatic carbocycles. The van der Waals surface area contributed by atoms with Gasteiger partial charge in [-0.25, -0.2) is 0 Å². The molecule has 1 aliphatic heterocycles. The quantitative estimate of drug-likeness (QED) is 0.697. The molecule has 0 fully saturated rings. The molecule has 156 valence electrons. The molecule has 0 atom stereocenters. The molecular weight excluding hydrogens is 384 g/mol. The zero-order chi connectivity index (χ0) is 21.8. The van der Waals surface area contributed by atoms with Gasteiger partial charge in [0.2, 0.25) is 11.7 Å². The molecule has 0 saturated heterocycles. The molecule has 0 spiro atoms. The van der Waals surface area contributed by atoms with Crippen molar-refractivity contribution < 1.29 is 23.8 Å². The number of hydrogen-bond acceptors (Lipinski definition) is 6. The Balaban J connectivity index is 2.10. The first-order valence-electron chi connectivity index (χ1n) is 9.37. The molecule has 30 heavy (non-hydrogen) atoms. The Morgan fingerprint density at radius 3 is 2.17 bits per heavy atom. The molecule has 0 radical (unpaired) electrons. The van der Waals surface area contributed by atoms with E-state index in [1.54, 1.807) is 30.5 Å². The van der Waals surface area contributed by atoms with E-state index >= 15 is 0 Å². The Bertz CT molecular complexity index is 1040. The zero-order valence-electron chi connectivity index (χ0n) is 17.7. The Labute approximate surface area is 175 Å². The van der Waals surface area contributed by atoms with Crippen molar-refractivity contribution in [3.63, 3.8) is 0 Å². The number of amides is 1. The molecule has 1 aliphatic rings. The van der Waals surface area contributed by atoms with Crippen LogP contribution in [0, 0.1) is 0 Å². The van der Waals surface area contributed by atoms with Crippen LogP contribution in [0.25, 0.3) is 5.57 Å². The predicted molar refractivity (Wildman–Crippen MR) is 116 cm³/mol. The van der Waals surface area contributed by atoms with Crippen molar-refractivity contribution in [3.8, 4) is 17.2 Å². The maximum atomic E-state index is 13.5. The van der Waals surface area contributed by atoms with E-state index in [1.165, 1.54) is 28.3 Å². The van der Waals surface area contributed by atoms with Crippen molar-refractivity contribution in [2.75, 3.05) is 26.6 Å². The first kappa shape index (κ1) is 21.1. The molecule has 1 amide bonds. The van der Waals surface area contributed by atoms with E-state index in [1.807, 2.05) is 13.0 Å². The van der Waals surface area contributed by atoms with Gasteiger partial charge < -0.3 is 19.5 Å². The van der Waals surface area contributed by atoms with Crippen molar-refractivity contribution in [3.05, 3.63) is 53.2 Å². The van der Waals surface area contributed by atoms with Gasteiger partial charge in [0, 0.05) is 36.4 Å². The van der Waals surface area contributed by atoms with Crippen LogP contribution in [-0.2, 0) is 4.79 Å². The van der Waals surface area contributed by atoms with Crippen LogP contribution in [0.15, 0.2) is 41.5 Å². The Morgan fingerprint density at radius 2 is 1.67 bits per heavy atom. The highest BCUT2D eigenvalue weighted by molar-refractivity contribution is 6.15. The van der Waals surface area contributed by atoms with Crippen molar-refractivity contribution in [1.29, 1.82) is 0 Å². The van der Waals surface area contributed by atoms with Crippen LogP contribution in [0.5, 0.6) is 17.2 Å². The third-order valence-electron chi connectivity index (χ3n) is 4.76. The maximum absolute atomic E-state index is 13.5. The SMILES string of the molecule is COc1cc(C(=O)c2cc(C3=CN=C(C)C3)ccc2NC(C)=O)cc(OC)c1OC. The number of ether oxygens (including phenoxy) is 3. The lowest BCUT2D eigenvalue weighted by Crippen LogP contribution is -2.12. The summed E-state index contributed by atoms with van der Waals surface area (Å²) in [4.78, 5) is 29.5. The third kappa shape index (κ3) is 4.20.